The normalized spacial score (nSPS) is 23.0. The molecule has 4 aliphatic rings. The Bertz CT molecular complexity index is 1380. The highest BCUT2D eigenvalue weighted by atomic mass is 16.6. The average molecular weight is 678 g/mol. The van der Waals surface area contributed by atoms with Crippen molar-refractivity contribution in [1.82, 2.24) is 5.32 Å². The number of rotatable bonds is 21. The van der Waals surface area contributed by atoms with Gasteiger partial charge in [-0.15, -0.1) is 0 Å². The third kappa shape index (κ3) is 9.87. The maximum absolute atomic E-state index is 5.92. The van der Waals surface area contributed by atoms with Crippen LogP contribution in [0.4, 0.5) is 0 Å². The highest BCUT2D eigenvalue weighted by molar-refractivity contribution is 5.46. The summed E-state index contributed by atoms with van der Waals surface area (Å²) in [6.45, 7) is 8.65. The Kier molecular flexibility index (Phi) is 11.0. The van der Waals surface area contributed by atoms with Gasteiger partial charge in [-0.2, -0.15) is 0 Å². The van der Waals surface area contributed by atoms with E-state index in [0.29, 0.717) is 45.7 Å². The Labute approximate surface area is 294 Å². The molecule has 4 aliphatic heterocycles. The van der Waals surface area contributed by atoms with E-state index in [1.807, 2.05) is 0 Å². The van der Waals surface area contributed by atoms with Gasteiger partial charge in [0.1, 0.15) is 18.3 Å². The molecule has 0 aliphatic carbocycles. The lowest BCUT2D eigenvalue weighted by Gasteiger charge is -2.30. The Balaban J connectivity index is 1.08. The second-order valence-corrected chi connectivity index (χ2v) is 13.9. The Morgan fingerprint density at radius 3 is 1.04 bits per heavy atom. The molecule has 0 bridgehead atoms. The van der Waals surface area contributed by atoms with Crippen LogP contribution >= 0.6 is 0 Å². The summed E-state index contributed by atoms with van der Waals surface area (Å²) in [6, 6.07) is 36.0. The first-order valence-corrected chi connectivity index (χ1v) is 18.0. The SMILES string of the molecule is c1cc(C(c2ccc(COCC3CO3)cc2)C(c2ccc(COCC3CO3)cc2)c2ccc(COCC3CO3)cc2)ccc1CNCC1CO1. The summed E-state index contributed by atoms with van der Waals surface area (Å²) in [7, 11) is 0. The molecule has 8 heteroatoms. The van der Waals surface area contributed by atoms with E-state index in [0.717, 1.165) is 56.2 Å². The predicted molar refractivity (Wildman–Crippen MR) is 189 cm³/mol. The summed E-state index contributed by atoms with van der Waals surface area (Å²) in [6.07, 6.45) is 1.14. The molecular weight excluding hydrogens is 630 g/mol. The van der Waals surface area contributed by atoms with Crippen LogP contribution in [0.25, 0.3) is 0 Å². The molecule has 8 rings (SSSR count). The molecule has 5 unspecified atom stereocenters. The molecule has 4 fully saturated rings. The van der Waals surface area contributed by atoms with Gasteiger partial charge in [-0.25, -0.2) is 0 Å². The number of hydrogen-bond donors (Lipinski definition) is 1. The molecule has 8 nitrogen and oxygen atoms in total. The summed E-state index contributed by atoms with van der Waals surface area (Å²) < 4.78 is 39.1. The molecule has 0 spiro atoms. The molecule has 50 heavy (non-hydrogen) atoms. The molecule has 4 aromatic carbocycles. The van der Waals surface area contributed by atoms with Crippen molar-refractivity contribution >= 4 is 0 Å². The number of epoxide rings is 4. The van der Waals surface area contributed by atoms with Crippen LogP contribution < -0.4 is 5.32 Å². The van der Waals surface area contributed by atoms with Crippen LogP contribution in [0.1, 0.15) is 56.3 Å². The highest BCUT2D eigenvalue weighted by Gasteiger charge is 2.29. The predicted octanol–water partition coefficient (Wildman–Crippen LogP) is 5.89. The smallest absolute Gasteiger partial charge is 0.104 e. The van der Waals surface area contributed by atoms with E-state index in [1.165, 1.54) is 27.8 Å². The van der Waals surface area contributed by atoms with Crippen LogP contribution in [0.15, 0.2) is 97.1 Å². The maximum Gasteiger partial charge on any atom is 0.104 e. The van der Waals surface area contributed by atoms with Gasteiger partial charge in [0.25, 0.3) is 0 Å². The fourth-order valence-corrected chi connectivity index (χ4v) is 6.44. The monoisotopic (exact) mass is 677 g/mol. The van der Waals surface area contributed by atoms with Crippen LogP contribution in [0.5, 0.6) is 0 Å². The number of benzene rings is 4. The zero-order valence-corrected chi connectivity index (χ0v) is 28.5. The van der Waals surface area contributed by atoms with E-state index < -0.39 is 0 Å². The third-order valence-corrected chi connectivity index (χ3v) is 9.72. The lowest BCUT2D eigenvalue weighted by Crippen LogP contribution is -2.19. The van der Waals surface area contributed by atoms with E-state index in [-0.39, 0.29) is 30.1 Å². The van der Waals surface area contributed by atoms with Crippen molar-refractivity contribution < 1.29 is 33.2 Å². The van der Waals surface area contributed by atoms with Crippen molar-refractivity contribution in [2.75, 3.05) is 52.8 Å². The van der Waals surface area contributed by atoms with Crippen molar-refractivity contribution in [3.05, 3.63) is 142 Å². The Morgan fingerprint density at radius 1 is 0.440 bits per heavy atom. The van der Waals surface area contributed by atoms with Crippen molar-refractivity contribution in [2.24, 2.45) is 0 Å². The van der Waals surface area contributed by atoms with Crippen LogP contribution in [0.2, 0.25) is 0 Å². The standard InChI is InChI=1S/C42H47NO7/c1-9-33(10-2-29(1)17-43-18-37-25-47-37)41(34-11-3-30(4-12-34)19-44-22-38-26-48-38)42(35-13-5-31(6-14-35)20-45-23-39-27-49-39)36-15-7-32(8-16-36)21-46-24-40-28-50-40/h1-16,37-43H,17-28H2. The van der Waals surface area contributed by atoms with Gasteiger partial charge in [0, 0.05) is 24.9 Å². The third-order valence-electron chi connectivity index (χ3n) is 9.72. The summed E-state index contributed by atoms with van der Waals surface area (Å²) in [5, 5.41) is 3.53. The fraction of sp³-hybridized carbons (Fsp3) is 0.429. The largest absolute Gasteiger partial charge is 0.374 e. The first-order chi connectivity index (χ1) is 24.7. The molecule has 262 valence electrons. The molecule has 4 saturated heterocycles. The average Bonchev–Trinajstić information content (AvgIpc) is 3.95. The van der Waals surface area contributed by atoms with Gasteiger partial charge < -0.3 is 38.5 Å². The number of ether oxygens (including phenoxy) is 7. The minimum absolute atomic E-state index is 0.0600. The zero-order valence-electron chi connectivity index (χ0n) is 28.5. The molecule has 0 aromatic heterocycles. The highest BCUT2D eigenvalue weighted by Crippen LogP contribution is 2.43. The molecule has 1 N–H and O–H groups in total. The molecule has 0 amide bonds. The molecule has 4 aromatic rings. The summed E-state index contributed by atoms with van der Waals surface area (Å²) in [5.41, 5.74) is 9.78. The summed E-state index contributed by atoms with van der Waals surface area (Å²) >= 11 is 0. The second kappa shape index (κ2) is 16.3. The zero-order chi connectivity index (χ0) is 33.5. The van der Waals surface area contributed by atoms with E-state index in [2.05, 4.69) is 102 Å². The van der Waals surface area contributed by atoms with Gasteiger partial charge in [-0.05, 0) is 44.5 Å². The van der Waals surface area contributed by atoms with Gasteiger partial charge in [0.2, 0.25) is 0 Å². The molecule has 5 atom stereocenters. The second-order valence-electron chi connectivity index (χ2n) is 13.9. The summed E-state index contributed by atoms with van der Waals surface area (Å²) in [4.78, 5) is 0. The van der Waals surface area contributed by atoms with E-state index in [9.17, 15) is 0 Å². The Hall–Kier alpha value is -3.44. The molecule has 0 saturated carbocycles. The lowest BCUT2D eigenvalue weighted by molar-refractivity contribution is 0.104. The summed E-state index contributed by atoms with van der Waals surface area (Å²) in [5.74, 6) is 0.125. The Morgan fingerprint density at radius 2 is 0.740 bits per heavy atom. The van der Waals surface area contributed by atoms with E-state index in [4.69, 9.17) is 33.2 Å². The van der Waals surface area contributed by atoms with Gasteiger partial charge in [-0.1, -0.05) is 97.1 Å². The van der Waals surface area contributed by atoms with Crippen molar-refractivity contribution in [3.8, 4) is 0 Å². The van der Waals surface area contributed by atoms with Crippen molar-refractivity contribution in [2.45, 2.75) is 62.6 Å². The van der Waals surface area contributed by atoms with Crippen LogP contribution in [-0.2, 0) is 59.5 Å². The minimum atomic E-state index is 0.0600. The minimum Gasteiger partial charge on any atom is -0.374 e. The van der Waals surface area contributed by atoms with Gasteiger partial charge >= 0.3 is 0 Å². The van der Waals surface area contributed by atoms with E-state index in [1.54, 1.807) is 0 Å². The van der Waals surface area contributed by atoms with Gasteiger partial charge in [0.15, 0.2) is 0 Å². The molecular formula is C42H47NO7. The fourth-order valence-electron chi connectivity index (χ4n) is 6.44. The number of hydrogen-bond acceptors (Lipinski definition) is 8. The first kappa shape index (κ1) is 33.7. The van der Waals surface area contributed by atoms with Crippen molar-refractivity contribution in [3.63, 3.8) is 0 Å². The first-order valence-electron chi connectivity index (χ1n) is 18.0. The van der Waals surface area contributed by atoms with Crippen molar-refractivity contribution in [1.29, 1.82) is 0 Å². The van der Waals surface area contributed by atoms with E-state index >= 15 is 0 Å². The topological polar surface area (TPSA) is 89.8 Å². The van der Waals surface area contributed by atoms with Crippen LogP contribution in [0, 0.1) is 0 Å². The number of nitrogens with one attached hydrogen (secondary N) is 1. The quantitative estimate of drug-likeness (QED) is 0.109. The van der Waals surface area contributed by atoms with Gasteiger partial charge in [0.05, 0.1) is 72.2 Å². The molecule has 0 radical (unpaired) electrons. The lowest BCUT2D eigenvalue weighted by atomic mass is 9.73. The van der Waals surface area contributed by atoms with Gasteiger partial charge in [-0.3, -0.25) is 0 Å². The van der Waals surface area contributed by atoms with Crippen LogP contribution in [0.3, 0.4) is 0 Å². The van der Waals surface area contributed by atoms with Crippen LogP contribution in [-0.4, -0.2) is 77.2 Å². The molecule has 4 heterocycles. The maximum atomic E-state index is 5.92.